The SMILES string of the molecule is Cc1ccc(C(=O)N[C@H](C(=O)OC(C)C(=O)Nc2c(C)nn(C)c2C)C(C)C)cc1. The monoisotopic (exact) mass is 414 g/mol. The zero-order valence-corrected chi connectivity index (χ0v) is 18.6. The Labute approximate surface area is 177 Å². The van der Waals surface area contributed by atoms with E-state index in [4.69, 9.17) is 4.74 Å². The Balaban J connectivity index is 2.03. The largest absolute Gasteiger partial charge is 0.451 e. The van der Waals surface area contributed by atoms with E-state index < -0.39 is 24.0 Å². The highest BCUT2D eigenvalue weighted by Crippen LogP contribution is 2.19. The van der Waals surface area contributed by atoms with Crippen LogP contribution in [0.15, 0.2) is 24.3 Å². The number of anilines is 1. The Hall–Kier alpha value is -3.16. The molecule has 8 nitrogen and oxygen atoms in total. The van der Waals surface area contributed by atoms with Crippen LogP contribution in [-0.4, -0.2) is 39.7 Å². The summed E-state index contributed by atoms with van der Waals surface area (Å²) in [5.41, 5.74) is 3.55. The average molecular weight is 415 g/mol. The lowest BCUT2D eigenvalue weighted by Crippen LogP contribution is -2.47. The molecule has 162 valence electrons. The number of rotatable bonds is 7. The highest BCUT2D eigenvalue weighted by Gasteiger charge is 2.29. The molecule has 0 saturated carbocycles. The molecular weight excluding hydrogens is 384 g/mol. The minimum Gasteiger partial charge on any atom is -0.451 e. The minimum atomic E-state index is -1.03. The number of amides is 2. The summed E-state index contributed by atoms with van der Waals surface area (Å²) in [6, 6.07) is 6.17. The highest BCUT2D eigenvalue weighted by atomic mass is 16.5. The van der Waals surface area contributed by atoms with E-state index in [1.165, 1.54) is 6.92 Å². The fraction of sp³-hybridized carbons (Fsp3) is 0.455. The maximum Gasteiger partial charge on any atom is 0.329 e. The van der Waals surface area contributed by atoms with Gasteiger partial charge in [0.15, 0.2) is 6.10 Å². The van der Waals surface area contributed by atoms with Gasteiger partial charge in [0.25, 0.3) is 11.8 Å². The smallest absolute Gasteiger partial charge is 0.329 e. The van der Waals surface area contributed by atoms with Crippen LogP contribution < -0.4 is 10.6 Å². The van der Waals surface area contributed by atoms with Crippen LogP contribution in [-0.2, 0) is 21.4 Å². The third-order valence-corrected chi connectivity index (χ3v) is 4.94. The van der Waals surface area contributed by atoms with Crippen LogP contribution in [0.2, 0.25) is 0 Å². The number of nitrogens with one attached hydrogen (secondary N) is 2. The number of carbonyl (C=O) groups is 3. The van der Waals surface area contributed by atoms with Gasteiger partial charge in [0.1, 0.15) is 6.04 Å². The Morgan fingerprint density at radius 3 is 2.13 bits per heavy atom. The molecule has 8 heteroatoms. The quantitative estimate of drug-likeness (QED) is 0.678. The summed E-state index contributed by atoms with van der Waals surface area (Å²) in [5, 5.41) is 9.72. The normalized spacial score (nSPS) is 12.9. The second-order valence-corrected chi connectivity index (χ2v) is 7.80. The molecule has 0 fully saturated rings. The van der Waals surface area contributed by atoms with Gasteiger partial charge in [0.05, 0.1) is 17.1 Å². The first kappa shape index (κ1) is 23.1. The van der Waals surface area contributed by atoms with Gasteiger partial charge in [-0.25, -0.2) is 4.79 Å². The Kier molecular flexibility index (Phi) is 7.37. The molecule has 30 heavy (non-hydrogen) atoms. The first-order chi connectivity index (χ1) is 14.0. The van der Waals surface area contributed by atoms with Crippen molar-refractivity contribution in [2.45, 2.75) is 53.7 Å². The molecule has 2 rings (SSSR count). The summed E-state index contributed by atoms with van der Waals surface area (Å²) in [6.45, 7) is 10.6. The van der Waals surface area contributed by atoms with Crippen LogP contribution in [0.25, 0.3) is 0 Å². The maximum atomic E-state index is 12.7. The van der Waals surface area contributed by atoms with Gasteiger partial charge in [-0.15, -0.1) is 0 Å². The molecule has 2 amide bonds. The number of benzene rings is 1. The number of hydrogen-bond donors (Lipinski definition) is 2. The molecule has 0 aliphatic carbocycles. The van der Waals surface area contributed by atoms with Gasteiger partial charge in [-0.05, 0) is 45.7 Å². The van der Waals surface area contributed by atoms with Crippen LogP contribution >= 0.6 is 0 Å². The van der Waals surface area contributed by atoms with Crippen molar-refractivity contribution < 1.29 is 19.1 Å². The number of nitrogens with zero attached hydrogens (tertiary/aromatic N) is 2. The van der Waals surface area contributed by atoms with E-state index in [1.807, 2.05) is 26.0 Å². The summed E-state index contributed by atoms with van der Waals surface area (Å²) in [4.78, 5) is 37.7. The third kappa shape index (κ3) is 5.46. The lowest BCUT2D eigenvalue weighted by molar-refractivity contribution is -0.156. The second kappa shape index (κ2) is 9.56. The van der Waals surface area contributed by atoms with Crippen molar-refractivity contribution in [2.75, 3.05) is 5.32 Å². The Bertz CT molecular complexity index is 931. The molecule has 0 spiro atoms. The van der Waals surface area contributed by atoms with Crippen molar-refractivity contribution in [2.24, 2.45) is 13.0 Å². The van der Waals surface area contributed by atoms with Crippen molar-refractivity contribution in [3.05, 3.63) is 46.8 Å². The van der Waals surface area contributed by atoms with Gasteiger partial charge in [-0.1, -0.05) is 31.5 Å². The van der Waals surface area contributed by atoms with Crippen LogP contribution in [0.5, 0.6) is 0 Å². The van der Waals surface area contributed by atoms with Crippen molar-refractivity contribution in [3.8, 4) is 0 Å². The Morgan fingerprint density at radius 1 is 1.03 bits per heavy atom. The number of carbonyl (C=O) groups excluding carboxylic acids is 3. The fourth-order valence-electron chi connectivity index (χ4n) is 2.91. The van der Waals surface area contributed by atoms with Gasteiger partial charge < -0.3 is 15.4 Å². The summed E-state index contributed by atoms with van der Waals surface area (Å²) >= 11 is 0. The van der Waals surface area contributed by atoms with E-state index >= 15 is 0 Å². The highest BCUT2D eigenvalue weighted by molar-refractivity contribution is 5.98. The molecule has 0 aliphatic rings. The molecule has 2 atom stereocenters. The van der Waals surface area contributed by atoms with E-state index in [0.717, 1.165) is 11.3 Å². The molecule has 2 aromatic rings. The molecule has 2 N–H and O–H groups in total. The summed E-state index contributed by atoms with van der Waals surface area (Å²) in [5.74, 6) is -1.71. The fourth-order valence-corrected chi connectivity index (χ4v) is 2.91. The first-order valence-electron chi connectivity index (χ1n) is 9.90. The molecule has 1 unspecified atom stereocenters. The van der Waals surface area contributed by atoms with Crippen molar-refractivity contribution in [1.82, 2.24) is 15.1 Å². The second-order valence-electron chi connectivity index (χ2n) is 7.80. The van der Waals surface area contributed by atoms with Crippen molar-refractivity contribution in [3.63, 3.8) is 0 Å². The van der Waals surface area contributed by atoms with Gasteiger partial charge >= 0.3 is 5.97 Å². The molecule has 1 aromatic carbocycles. The predicted octanol–water partition coefficient (Wildman–Crippen LogP) is 2.67. The maximum absolute atomic E-state index is 12.7. The van der Waals surface area contributed by atoms with Gasteiger partial charge in [0, 0.05) is 12.6 Å². The summed E-state index contributed by atoms with van der Waals surface area (Å²) in [7, 11) is 1.78. The van der Waals surface area contributed by atoms with Gasteiger partial charge in [-0.2, -0.15) is 5.10 Å². The number of hydrogen-bond acceptors (Lipinski definition) is 5. The zero-order chi connectivity index (χ0) is 22.6. The van der Waals surface area contributed by atoms with Crippen LogP contribution in [0.3, 0.4) is 0 Å². The summed E-state index contributed by atoms with van der Waals surface area (Å²) < 4.78 is 7.02. The standard InChI is InChI=1S/C22H30N4O4/c1-12(2)18(23-21(28)17-10-8-13(3)9-11-17)22(29)30-16(6)20(27)24-19-14(4)25-26(7)15(19)5/h8-12,16,18H,1-7H3,(H,23,28)(H,24,27)/t16?,18-/m0/s1. The Morgan fingerprint density at radius 2 is 1.63 bits per heavy atom. The van der Waals surface area contributed by atoms with E-state index in [2.05, 4.69) is 15.7 Å². The molecular formula is C22H30N4O4. The van der Waals surface area contributed by atoms with Gasteiger partial charge in [0.2, 0.25) is 0 Å². The first-order valence-corrected chi connectivity index (χ1v) is 9.90. The lowest BCUT2D eigenvalue weighted by atomic mass is 10.0. The van der Waals surface area contributed by atoms with Crippen LogP contribution in [0.1, 0.15) is 48.1 Å². The van der Waals surface area contributed by atoms with E-state index in [0.29, 0.717) is 16.9 Å². The molecule has 1 aromatic heterocycles. The van der Waals surface area contributed by atoms with E-state index in [-0.39, 0.29) is 11.8 Å². The lowest BCUT2D eigenvalue weighted by Gasteiger charge is -2.23. The summed E-state index contributed by atoms with van der Waals surface area (Å²) in [6.07, 6.45) is -1.03. The number of ether oxygens (including phenoxy) is 1. The van der Waals surface area contributed by atoms with E-state index in [1.54, 1.807) is 44.6 Å². The molecule has 0 bridgehead atoms. The minimum absolute atomic E-state index is 0.218. The number of aromatic nitrogens is 2. The third-order valence-electron chi connectivity index (χ3n) is 4.94. The zero-order valence-electron chi connectivity index (χ0n) is 18.6. The number of esters is 1. The van der Waals surface area contributed by atoms with Crippen LogP contribution in [0, 0.1) is 26.7 Å². The predicted molar refractivity (Wildman–Crippen MR) is 114 cm³/mol. The molecule has 1 heterocycles. The topological polar surface area (TPSA) is 102 Å². The molecule has 0 aliphatic heterocycles. The van der Waals surface area contributed by atoms with Crippen molar-refractivity contribution in [1.29, 1.82) is 0 Å². The van der Waals surface area contributed by atoms with Crippen molar-refractivity contribution >= 4 is 23.5 Å². The number of aryl methyl sites for hydroxylation is 3. The molecule has 0 radical (unpaired) electrons. The average Bonchev–Trinajstić information content (AvgIpc) is 2.91. The van der Waals surface area contributed by atoms with Crippen LogP contribution in [0.4, 0.5) is 5.69 Å². The van der Waals surface area contributed by atoms with E-state index in [9.17, 15) is 14.4 Å². The van der Waals surface area contributed by atoms with Gasteiger partial charge in [-0.3, -0.25) is 14.3 Å². The molecule has 0 saturated heterocycles.